The molecule has 0 heterocycles. The van der Waals surface area contributed by atoms with Gasteiger partial charge >= 0.3 is 0 Å². The van der Waals surface area contributed by atoms with Crippen LogP contribution in [0.1, 0.15) is 56.6 Å². The highest BCUT2D eigenvalue weighted by molar-refractivity contribution is 14.1. The van der Waals surface area contributed by atoms with Crippen molar-refractivity contribution in [3.8, 4) is 0 Å². The van der Waals surface area contributed by atoms with Gasteiger partial charge in [-0.2, -0.15) is 0 Å². The molecule has 1 fully saturated rings. The molecule has 0 aliphatic heterocycles. The molecule has 1 saturated carbocycles. The summed E-state index contributed by atoms with van der Waals surface area (Å²) in [4.78, 5) is 29.5. The molecule has 1 atom stereocenters. The van der Waals surface area contributed by atoms with Gasteiger partial charge in [-0.1, -0.05) is 74.2 Å². The molecule has 4 rings (SSSR count). The molecule has 0 aromatic heterocycles. The van der Waals surface area contributed by atoms with Crippen LogP contribution < -0.4 is 9.62 Å². The molecule has 1 aliphatic carbocycles. The van der Waals surface area contributed by atoms with E-state index < -0.39 is 28.5 Å². The van der Waals surface area contributed by atoms with Gasteiger partial charge < -0.3 is 10.2 Å². The molecule has 3 aromatic carbocycles. The predicted molar refractivity (Wildman–Crippen MR) is 171 cm³/mol. The van der Waals surface area contributed by atoms with E-state index >= 15 is 0 Å². The summed E-state index contributed by atoms with van der Waals surface area (Å²) in [6, 6.07) is 22.3. The Morgan fingerprint density at radius 1 is 0.951 bits per heavy atom. The number of halogens is 1. The molecule has 2 amide bonds. The third-order valence-corrected chi connectivity index (χ3v) is 10.0. The quantitative estimate of drug-likeness (QED) is 0.249. The molecule has 1 N–H and O–H groups in total. The molecular formula is C32H38IN3O4S. The van der Waals surface area contributed by atoms with Gasteiger partial charge in [0, 0.05) is 16.2 Å². The number of carbonyl (C=O) groups excluding carboxylic acids is 2. The minimum atomic E-state index is -4.07. The van der Waals surface area contributed by atoms with Crippen LogP contribution in [0, 0.1) is 10.5 Å². The van der Waals surface area contributed by atoms with Crippen LogP contribution in [0.5, 0.6) is 0 Å². The molecule has 0 bridgehead atoms. The second-order valence-corrected chi connectivity index (χ2v) is 13.7. The first-order valence-electron chi connectivity index (χ1n) is 14.2. The smallest absolute Gasteiger partial charge is 0.264 e. The molecule has 0 saturated heterocycles. The molecule has 3 aromatic rings. The van der Waals surface area contributed by atoms with E-state index in [-0.39, 0.29) is 23.4 Å². The fraction of sp³-hybridized carbons (Fsp3) is 0.375. The van der Waals surface area contributed by atoms with Crippen LogP contribution in [-0.4, -0.2) is 43.8 Å². The number of nitrogens with one attached hydrogen (secondary N) is 1. The maximum absolute atomic E-state index is 14.2. The van der Waals surface area contributed by atoms with Crippen LogP contribution in [-0.2, 0) is 26.2 Å². The molecule has 41 heavy (non-hydrogen) atoms. The number of carbonyl (C=O) groups is 2. The normalized spacial score (nSPS) is 14.7. The highest BCUT2D eigenvalue weighted by atomic mass is 127. The summed E-state index contributed by atoms with van der Waals surface area (Å²) >= 11 is 2.16. The average molecular weight is 688 g/mol. The number of aryl methyl sites for hydroxylation is 1. The molecule has 0 radical (unpaired) electrons. The third kappa shape index (κ3) is 8.09. The first-order valence-corrected chi connectivity index (χ1v) is 16.7. The second kappa shape index (κ2) is 14.3. The number of hydrogen-bond acceptors (Lipinski definition) is 4. The predicted octanol–water partition coefficient (Wildman–Crippen LogP) is 6.05. The zero-order valence-corrected chi connectivity index (χ0v) is 26.6. The van der Waals surface area contributed by atoms with E-state index in [9.17, 15) is 18.0 Å². The van der Waals surface area contributed by atoms with Crippen molar-refractivity contribution in [2.45, 2.75) is 75.9 Å². The summed E-state index contributed by atoms with van der Waals surface area (Å²) in [5, 5.41) is 3.18. The lowest BCUT2D eigenvalue weighted by molar-refractivity contribution is -0.140. The molecule has 0 unspecified atom stereocenters. The van der Waals surface area contributed by atoms with E-state index in [1.807, 2.05) is 50.2 Å². The zero-order chi connectivity index (χ0) is 29.4. The lowest BCUT2D eigenvalue weighted by atomic mass is 9.95. The molecule has 1 aliphatic rings. The van der Waals surface area contributed by atoms with Crippen LogP contribution in [0.15, 0.2) is 83.8 Å². The largest absolute Gasteiger partial charge is 0.352 e. The van der Waals surface area contributed by atoms with E-state index in [0.29, 0.717) is 12.1 Å². The summed E-state index contributed by atoms with van der Waals surface area (Å²) in [5.41, 5.74) is 2.31. The van der Waals surface area contributed by atoms with Crippen molar-refractivity contribution in [2.24, 2.45) is 0 Å². The van der Waals surface area contributed by atoms with Crippen molar-refractivity contribution in [3.05, 3.63) is 93.6 Å². The number of anilines is 1. The fourth-order valence-corrected chi connectivity index (χ4v) is 7.12. The summed E-state index contributed by atoms with van der Waals surface area (Å²) in [6.07, 6.45) is 5.61. The highest BCUT2D eigenvalue weighted by Gasteiger charge is 2.34. The Morgan fingerprint density at radius 2 is 1.63 bits per heavy atom. The van der Waals surface area contributed by atoms with E-state index in [0.717, 1.165) is 44.7 Å². The monoisotopic (exact) mass is 687 g/mol. The number of amides is 2. The van der Waals surface area contributed by atoms with Gasteiger partial charge in [0.25, 0.3) is 10.0 Å². The first-order chi connectivity index (χ1) is 19.7. The van der Waals surface area contributed by atoms with Crippen molar-refractivity contribution < 1.29 is 18.0 Å². The zero-order valence-electron chi connectivity index (χ0n) is 23.6. The van der Waals surface area contributed by atoms with Gasteiger partial charge in [0.1, 0.15) is 12.6 Å². The maximum atomic E-state index is 14.2. The Kier molecular flexibility index (Phi) is 10.8. The van der Waals surface area contributed by atoms with Gasteiger partial charge in [0.15, 0.2) is 0 Å². The van der Waals surface area contributed by atoms with E-state index in [1.54, 1.807) is 35.2 Å². The lowest BCUT2D eigenvalue weighted by Crippen LogP contribution is -2.54. The van der Waals surface area contributed by atoms with Crippen molar-refractivity contribution in [3.63, 3.8) is 0 Å². The van der Waals surface area contributed by atoms with E-state index in [4.69, 9.17) is 0 Å². The number of sulfonamides is 1. The Hall–Kier alpha value is -2.92. The first kappa shape index (κ1) is 31.0. The summed E-state index contributed by atoms with van der Waals surface area (Å²) in [6.45, 7) is 3.63. The van der Waals surface area contributed by atoms with Gasteiger partial charge in [0.2, 0.25) is 11.8 Å². The number of benzene rings is 3. The minimum Gasteiger partial charge on any atom is -0.352 e. The Labute approximate surface area is 257 Å². The molecule has 0 spiro atoms. The molecule has 9 heteroatoms. The molecular weight excluding hydrogens is 649 g/mol. The number of nitrogens with zero attached hydrogens (tertiary/aromatic N) is 2. The minimum absolute atomic E-state index is 0.0960. The third-order valence-electron chi connectivity index (χ3n) is 7.50. The van der Waals surface area contributed by atoms with Gasteiger partial charge in [-0.15, -0.1) is 0 Å². The number of rotatable bonds is 11. The maximum Gasteiger partial charge on any atom is 0.264 e. The van der Waals surface area contributed by atoms with Crippen LogP contribution in [0.2, 0.25) is 0 Å². The fourth-order valence-electron chi connectivity index (χ4n) is 5.33. The van der Waals surface area contributed by atoms with Crippen LogP contribution in [0.4, 0.5) is 5.69 Å². The van der Waals surface area contributed by atoms with Gasteiger partial charge in [-0.3, -0.25) is 13.9 Å². The van der Waals surface area contributed by atoms with Crippen molar-refractivity contribution in [1.29, 1.82) is 0 Å². The summed E-state index contributed by atoms with van der Waals surface area (Å²) < 4.78 is 29.9. The second-order valence-electron chi connectivity index (χ2n) is 10.6. The van der Waals surface area contributed by atoms with Gasteiger partial charge in [0.05, 0.1) is 10.6 Å². The lowest BCUT2D eigenvalue weighted by Gasteiger charge is -2.34. The Bertz CT molecular complexity index is 1420. The van der Waals surface area contributed by atoms with Crippen LogP contribution >= 0.6 is 22.6 Å². The Morgan fingerprint density at radius 3 is 2.27 bits per heavy atom. The van der Waals surface area contributed by atoms with E-state index in [2.05, 4.69) is 27.9 Å². The van der Waals surface area contributed by atoms with Crippen molar-refractivity contribution in [2.75, 3.05) is 10.8 Å². The molecule has 218 valence electrons. The molecule has 7 nitrogen and oxygen atoms in total. The average Bonchev–Trinajstić information content (AvgIpc) is 2.97. The Balaban J connectivity index is 1.69. The summed E-state index contributed by atoms with van der Waals surface area (Å²) in [5.74, 6) is -0.623. The van der Waals surface area contributed by atoms with Crippen LogP contribution in [0.3, 0.4) is 0 Å². The topological polar surface area (TPSA) is 86.8 Å². The van der Waals surface area contributed by atoms with Crippen molar-refractivity contribution in [1.82, 2.24) is 10.2 Å². The van der Waals surface area contributed by atoms with E-state index in [1.165, 1.54) is 18.6 Å². The number of hydrogen-bond donors (Lipinski definition) is 1. The van der Waals surface area contributed by atoms with Gasteiger partial charge in [-0.25, -0.2) is 8.42 Å². The standard InChI is InChI=1S/C32H38IN3O4S/c1-3-30(32(38)34-27-13-6-4-7-14-27)35(22-25-12-10-11-24(2)21-25)31(37)23-36(28-19-17-26(33)18-20-28)41(39,40)29-15-8-5-9-16-29/h5,8-12,15-21,27,30H,3-4,6-7,13-14,22-23H2,1-2H3,(H,34,38)/t30-/m1/s1. The highest BCUT2D eigenvalue weighted by Crippen LogP contribution is 2.26. The van der Waals surface area contributed by atoms with Crippen molar-refractivity contribution >= 4 is 50.1 Å². The SMILES string of the molecule is CC[C@H](C(=O)NC1CCCCC1)N(Cc1cccc(C)c1)C(=O)CN(c1ccc(I)cc1)S(=O)(=O)c1ccccc1. The summed E-state index contributed by atoms with van der Waals surface area (Å²) in [7, 11) is -4.07. The van der Waals surface area contributed by atoms with Gasteiger partial charge in [-0.05, 0) is 90.7 Å². The van der Waals surface area contributed by atoms with Crippen LogP contribution in [0.25, 0.3) is 0 Å².